The number of nitrogens with one attached hydrogen (secondary N) is 3. The van der Waals surface area contributed by atoms with Crippen LogP contribution in [0.25, 0.3) is 0 Å². The van der Waals surface area contributed by atoms with Crippen molar-refractivity contribution in [3.8, 4) is 0 Å². The Hall–Kier alpha value is -2.99. The van der Waals surface area contributed by atoms with Gasteiger partial charge in [0, 0.05) is 28.9 Å². The van der Waals surface area contributed by atoms with Gasteiger partial charge in [0.1, 0.15) is 0 Å². The number of anilines is 1. The topological polar surface area (TPSA) is 69.8 Å². The summed E-state index contributed by atoms with van der Waals surface area (Å²) < 4.78 is 0. The quantitative estimate of drug-likeness (QED) is 0.599. The molecular formula is C21H22N4OS. The summed E-state index contributed by atoms with van der Waals surface area (Å²) in [6.07, 6.45) is 0.822. The second-order valence-electron chi connectivity index (χ2n) is 6.56. The monoisotopic (exact) mass is 378 g/mol. The Bertz CT molecular complexity index is 939. The van der Waals surface area contributed by atoms with Gasteiger partial charge in [-0.2, -0.15) is 5.10 Å². The Labute approximate surface area is 164 Å². The number of aryl methyl sites for hydroxylation is 3. The summed E-state index contributed by atoms with van der Waals surface area (Å²) in [5.41, 5.74) is 7.02. The first-order valence-electron chi connectivity index (χ1n) is 8.71. The summed E-state index contributed by atoms with van der Waals surface area (Å²) >= 11 is 5.24. The van der Waals surface area contributed by atoms with Gasteiger partial charge in [0.05, 0.1) is 5.69 Å². The molecule has 0 spiro atoms. The summed E-state index contributed by atoms with van der Waals surface area (Å²) in [6, 6.07) is 15.3. The Morgan fingerprint density at radius 3 is 2.30 bits per heavy atom. The van der Waals surface area contributed by atoms with Crippen molar-refractivity contribution < 1.29 is 4.79 Å². The molecule has 5 nitrogen and oxygen atoms in total. The van der Waals surface area contributed by atoms with E-state index in [0.717, 1.165) is 29.1 Å². The molecule has 27 heavy (non-hydrogen) atoms. The molecule has 6 heteroatoms. The standard InChI is InChI=1S/C21H22N4OS/c1-13-4-8-17(9-5-13)20(26)23-21(27)22-18-10-6-16(7-11-18)12-19-14(2)24-25-15(19)3/h4-11H,12H2,1-3H3,(H,24,25)(H2,22,23,26,27). The van der Waals surface area contributed by atoms with E-state index < -0.39 is 0 Å². The number of hydrogen-bond acceptors (Lipinski definition) is 3. The number of benzene rings is 2. The molecule has 3 N–H and O–H groups in total. The molecule has 3 aromatic rings. The summed E-state index contributed by atoms with van der Waals surface area (Å²) in [4.78, 5) is 12.2. The summed E-state index contributed by atoms with van der Waals surface area (Å²) in [5, 5.41) is 13.3. The molecule has 1 heterocycles. The second kappa shape index (κ2) is 8.14. The highest BCUT2D eigenvalue weighted by atomic mass is 32.1. The van der Waals surface area contributed by atoms with Crippen molar-refractivity contribution in [2.45, 2.75) is 27.2 Å². The molecule has 1 aromatic heterocycles. The van der Waals surface area contributed by atoms with E-state index in [0.29, 0.717) is 5.56 Å². The van der Waals surface area contributed by atoms with E-state index in [-0.39, 0.29) is 11.0 Å². The molecule has 0 saturated carbocycles. The lowest BCUT2D eigenvalue weighted by Gasteiger charge is -2.10. The number of carbonyl (C=O) groups is 1. The van der Waals surface area contributed by atoms with Crippen LogP contribution in [-0.2, 0) is 6.42 Å². The highest BCUT2D eigenvalue weighted by Crippen LogP contribution is 2.17. The molecule has 0 aliphatic heterocycles. The maximum Gasteiger partial charge on any atom is 0.257 e. The fraction of sp³-hybridized carbons (Fsp3) is 0.190. The highest BCUT2D eigenvalue weighted by Gasteiger charge is 2.09. The fourth-order valence-corrected chi connectivity index (χ4v) is 3.00. The molecule has 0 fully saturated rings. The van der Waals surface area contributed by atoms with Crippen molar-refractivity contribution in [1.82, 2.24) is 15.5 Å². The lowest BCUT2D eigenvalue weighted by Crippen LogP contribution is -2.34. The number of aromatic nitrogens is 2. The number of rotatable bonds is 4. The second-order valence-corrected chi connectivity index (χ2v) is 6.97. The van der Waals surface area contributed by atoms with Crippen molar-refractivity contribution in [3.05, 3.63) is 82.2 Å². The molecule has 3 rings (SSSR count). The predicted octanol–water partition coefficient (Wildman–Crippen LogP) is 4.05. The number of amides is 1. The summed E-state index contributed by atoms with van der Waals surface area (Å²) in [7, 11) is 0. The number of aromatic amines is 1. The Kier molecular flexibility index (Phi) is 5.66. The van der Waals surface area contributed by atoms with Crippen LogP contribution >= 0.6 is 12.2 Å². The van der Waals surface area contributed by atoms with Crippen molar-refractivity contribution in [3.63, 3.8) is 0 Å². The van der Waals surface area contributed by atoms with Gasteiger partial charge in [-0.15, -0.1) is 0 Å². The largest absolute Gasteiger partial charge is 0.332 e. The van der Waals surface area contributed by atoms with Crippen LogP contribution in [0.5, 0.6) is 0 Å². The minimum absolute atomic E-state index is 0.227. The lowest BCUT2D eigenvalue weighted by molar-refractivity contribution is 0.0977. The normalized spacial score (nSPS) is 10.5. The van der Waals surface area contributed by atoms with Crippen LogP contribution in [0, 0.1) is 20.8 Å². The fourth-order valence-electron chi connectivity index (χ4n) is 2.79. The number of thiocarbonyl (C=S) groups is 1. The van der Waals surface area contributed by atoms with Gasteiger partial charge in [-0.3, -0.25) is 15.2 Å². The molecule has 2 aromatic carbocycles. The minimum atomic E-state index is -0.227. The smallest absolute Gasteiger partial charge is 0.257 e. The van der Waals surface area contributed by atoms with Gasteiger partial charge in [0.2, 0.25) is 0 Å². The minimum Gasteiger partial charge on any atom is -0.332 e. The third kappa shape index (κ3) is 4.80. The van der Waals surface area contributed by atoms with Crippen LogP contribution in [0.15, 0.2) is 48.5 Å². The van der Waals surface area contributed by atoms with E-state index in [2.05, 4.69) is 20.8 Å². The summed E-state index contributed by atoms with van der Waals surface area (Å²) in [5.74, 6) is -0.227. The van der Waals surface area contributed by atoms with Crippen LogP contribution in [0.3, 0.4) is 0 Å². The van der Waals surface area contributed by atoms with Gasteiger partial charge in [0.15, 0.2) is 5.11 Å². The Balaban J connectivity index is 1.58. The molecule has 0 saturated heterocycles. The van der Waals surface area contributed by atoms with Crippen LogP contribution in [0.4, 0.5) is 5.69 Å². The molecule has 0 bridgehead atoms. The van der Waals surface area contributed by atoms with E-state index >= 15 is 0 Å². The molecule has 1 amide bonds. The van der Waals surface area contributed by atoms with E-state index in [4.69, 9.17) is 12.2 Å². The number of hydrogen-bond donors (Lipinski definition) is 3. The molecule has 0 aliphatic rings. The van der Waals surface area contributed by atoms with E-state index in [1.54, 1.807) is 12.1 Å². The first-order valence-corrected chi connectivity index (χ1v) is 9.11. The maximum atomic E-state index is 12.2. The third-order valence-corrected chi connectivity index (χ3v) is 4.62. The molecule has 0 atom stereocenters. The molecular weight excluding hydrogens is 356 g/mol. The van der Waals surface area contributed by atoms with Crippen molar-refractivity contribution in [2.24, 2.45) is 0 Å². The Morgan fingerprint density at radius 1 is 1.04 bits per heavy atom. The van der Waals surface area contributed by atoms with Crippen molar-refractivity contribution >= 4 is 28.9 Å². The average Bonchev–Trinajstić information content (AvgIpc) is 2.95. The van der Waals surface area contributed by atoms with Gasteiger partial charge in [-0.05, 0) is 62.8 Å². The van der Waals surface area contributed by atoms with Gasteiger partial charge >= 0.3 is 0 Å². The van der Waals surface area contributed by atoms with Gasteiger partial charge in [-0.25, -0.2) is 0 Å². The van der Waals surface area contributed by atoms with Crippen LogP contribution < -0.4 is 10.6 Å². The van der Waals surface area contributed by atoms with Gasteiger partial charge in [-0.1, -0.05) is 29.8 Å². The van der Waals surface area contributed by atoms with Gasteiger partial charge < -0.3 is 5.32 Å². The lowest BCUT2D eigenvalue weighted by atomic mass is 10.0. The number of H-pyrrole nitrogens is 1. The Morgan fingerprint density at radius 2 is 1.70 bits per heavy atom. The number of carbonyl (C=O) groups excluding carboxylic acids is 1. The zero-order valence-electron chi connectivity index (χ0n) is 15.6. The molecule has 0 aliphatic carbocycles. The SMILES string of the molecule is Cc1ccc(C(=O)NC(=S)Nc2ccc(Cc3c(C)n[nH]c3C)cc2)cc1. The maximum absolute atomic E-state index is 12.2. The zero-order chi connectivity index (χ0) is 19.4. The van der Waals surface area contributed by atoms with E-state index in [1.807, 2.05) is 57.2 Å². The molecule has 0 unspecified atom stereocenters. The van der Waals surface area contributed by atoms with Gasteiger partial charge in [0.25, 0.3) is 5.91 Å². The van der Waals surface area contributed by atoms with Crippen LogP contribution in [-0.4, -0.2) is 21.2 Å². The first kappa shape index (κ1) is 18.8. The first-order chi connectivity index (χ1) is 12.9. The predicted molar refractivity (Wildman–Crippen MR) is 112 cm³/mol. The van der Waals surface area contributed by atoms with Crippen LogP contribution in [0.1, 0.15) is 38.4 Å². The zero-order valence-corrected chi connectivity index (χ0v) is 16.4. The van der Waals surface area contributed by atoms with Crippen molar-refractivity contribution in [2.75, 3.05) is 5.32 Å². The van der Waals surface area contributed by atoms with Crippen LogP contribution in [0.2, 0.25) is 0 Å². The molecule has 0 radical (unpaired) electrons. The summed E-state index contributed by atoms with van der Waals surface area (Å²) in [6.45, 7) is 6.01. The molecule has 138 valence electrons. The van der Waals surface area contributed by atoms with Crippen molar-refractivity contribution in [1.29, 1.82) is 0 Å². The third-order valence-electron chi connectivity index (χ3n) is 4.41. The average molecular weight is 379 g/mol. The number of nitrogens with zero attached hydrogens (tertiary/aromatic N) is 1. The van der Waals surface area contributed by atoms with E-state index in [1.165, 1.54) is 11.1 Å². The van der Waals surface area contributed by atoms with E-state index in [9.17, 15) is 4.79 Å². The highest BCUT2D eigenvalue weighted by molar-refractivity contribution is 7.80.